The van der Waals surface area contributed by atoms with E-state index in [2.05, 4.69) is 135 Å². The predicted octanol–water partition coefficient (Wildman–Crippen LogP) is 7.45. The van der Waals surface area contributed by atoms with Crippen LogP contribution < -0.4 is 21.2 Å². The summed E-state index contributed by atoms with van der Waals surface area (Å²) in [4.78, 5) is 0. The molecule has 0 N–H and O–H groups in total. The van der Waals surface area contributed by atoms with E-state index in [0.717, 1.165) is 11.6 Å². The van der Waals surface area contributed by atoms with Crippen molar-refractivity contribution in [3.05, 3.63) is 121 Å². The molecule has 1 aliphatic rings. The molecule has 5 rings (SSSR count). The summed E-state index contributed by atoms with van der Waals surface area (Å²) in [6.45, 7) is 4.96. The molecule has 4 aromatic carbocycles. The second-order valence-electron chi connectivity index (χ2n) is 9.98. The normalized spacial score (nSPS) is 18.9. The lowest BCUT2D eigenvalue weighted by atomic mass is 9.94. The highest BCUT2D eigenvalue weighted by molar-refractivity contribution is 7.74. The van der Waals surface area contributed by atoms with Gasteiger partial charge in [0.25, 0.3) is 0 Å². The molecule has 1 fully saturated rings. The van der Waals surface area contributed by atoms with E-state index < -0.39 is 15.8 Å². The Balaban J connectivity index is 1.60. The van der Waals surface area contributed by atoms with Crippen LogP contribution in [0, 0.1) is 11.8 Å². The Morgan fingerprint density at radius 3 is 1.34 bits per heavy atom. The molecule has 0 bridgehead atoms. The maximum atomic E-state index is 2.48. The van der Waals surface area contributed by atoms with Gasteiger partial charge >= 0.3 is 0 Å². The fraction of sp³-hybridized carbons (Fsp3) is 0.273. The number of benzene rings is 4. The lowest BCUT2D eigenvalue weighted by molar-refractivity contribution is 0.437. The Bertz CT molecular complexity index is 1080. The van der Waals surface area contributed by atoms with E-state index in [-0.39, 0.29) is 0 Å². The van der Waals surface area contributed by atoms with Gasteiger partial charge in [-0.1, -0.05) is 142 Å². The molecule has 0 amide bonds. The molecule has 1 saturated carbocycles. The van der Waals surface area contributed by atoms with Crippen molar-refractivity contribution in [2.75, 3.05) is 0 Å². The molecule has 0 saturated heterocycles. The van der Waals surface area contributed by atoms with Gasteiger partial charge in [0.2, 0.25) is 0 Å². The first-order valence-corrected chi connectivity index (χ1v) is 15.8. The van der Waals surface area contributed by atoms with Gasteiger partial charge in [-0.25, -0.2) is 0 Å². The molecule has 0 spiro atoms. The van der Waals surface area contributed by atoms with E-state index >= 15 is 0 Å². The minimum atomic E-state index is -0.444. The SMILES string of the molecule is CC(C)[C@@H]([C@H]1CCC[C@H]1P(c1ccccc1)c1ccccc1)P(c1ccccc1)c1ccccc1. The van der Waals surface area contributed by atoms with E-state index in [1.54, 1.807) is 0 Å². The van der Waals surface area contributed by atoms with E-state index in [9.17, 15) is 0 Å². The van der Waals surface area contributed by atoms with Crippen LogP contribution in [0.25, 0.3) is 0 Å². The summed E-state index contributed by atoms with van der Waals surface area (Å²) in [6, 6.07) is 45.6. The first-order chi connectivity index (χ1) is 17.2. The Hall–Kier alpha value is -2.26. The van der Waals surface area contributed by atoms with Crippen LogP contribution in [-0.2, 0) is 0 Å². The predicted molar refractivity (Wildman–Crippen MR) is 158 cm³/mol. The van der Waals surface area contributed by atoms with Crippen molar-refractivity contribution in [1.82, 2.24) is 0 Å². The van der Waals surface area contributed by atoms with Gasteiger partial charge in [0.15, 0.2) is 0 Å². The van der Waals surface area contributed by atoms with Crippen molar-refractivity contribution in [1.29, 1.82) is 0 Å². The lowest BCUT2D eigenvalue weighted by Gasteiger charge is -2.41. The quantitative estimate of drug-likeness (QED) is 0.223. The molecule has 3 atom stereocenters. The second kappa shape index (κ2) is 11.6. The van der Waals surface area contributed by atoms with Crippen LogP contribution in [-0.4, -0.2) is 11.3 Å². The summed E-state index contributed by atoms with van der Waals surface area (Å²) >= 11 is 0. The topological polar surface area (TPSA) is 0 Å². The maximum Gasteiger partial charge on any atom is -0.00712 e. The molecule has 178 valence electrons. The molecule has 0 radical (unpaired) electrons. The van der Waals surface area contributed by atoms with Crippen molar-refractivity contribution in [2.45, 2.75) is 44.4 Å². The highest BCUT2D eigenvalue weighted by Gasteiger charge is 2.43. The third-order valence-electron chi connectivity index (χ3n) is 7.42. The maximum absolute atomic E-state index is 2.48. The van der Waals surface area contributed by atoms with Gasteiger partial charge in [-0.3, -0.25) is 0 Å². The summed E-state index contributed by atoms with van der Waals surface area (Å²) in [5.74, 6) is 1.36. The molecule has 0 aliphatic heterocycles. The largest absolute Gasteiger partial charge is 0.0622 e. The molecular formula is C33H36P2. The van der Waals surface area contributed by atoms with Gasteiger partial charge in [0, 0.05) is 0 Å². The lowest BCUT2D eigenvalue weighted by Crippen LogP contribution is -2.37. The molecule has 2 heteroatoms. The van der Waals surface area contributed by atoms with Crippen LogP contribution in [0.4, 0.5) is 0 Å². The highest BCUT2D eigenvalue weighted by atomic mass is 31.1. The summed E-state index contributed by atoms with van der Waals surface area (Å²) in [5.41, 5.74) is 1.39. The van der Waals surface area contributed by atoms with E-state index in [0.29, 0.717) is 11.6 Å². The standard InChI is InChI=1S/C33H36P2/c1-26(2)33(35(29-20-11-5-12-21-29)30-22-13-6-14-23-30)31-24-15-25-32(31)34(27-16-7-3-8-17-27)28-18-9-4-10-19-28/h3-14,16-23,26,31-33H,15,24-25H2,1-2H3/t31-,32+,33-/m0/s1. The average molecular weight is 495 g/mol. The van der Waals surface area contributed by atoms with Crippen LogP contribution >= 0.6 is 15.8 Å². The van der Waals surface area contributed by atoms with Gasteiger partial charge in [-0.2, -0.15) is 0 Å². The average Bonchev–Trinajstić information content (AvgIpc) is 3.38. The smallest absolute Gasteiger partial charge is 0.00712 e. The zero-order chi connectivity index (χ0) is 24.0. The fourth-order valence-electron chi connectivity index (χ4n) is 6.05. The van der Waals surface area contributed by atoms with Crippen LogP contribution in [0.3, 0.4) is 0 Å². The Kier molecular flexibility index (Phi) is 8.13. The monoisotopic (exact) mass is 494 g/mol. The van der Waals surface area contributed by atoms with Crippen molar-refractivity contribution in [3.63, 3.8) is 0 Å². The zero-order valence-electron chi connectivity index (χ0n) is 20.9. The first-order valence-electron chi connectivity index (χ1n) is 13.0. The summed E-state index contributed by atoms with van der Waals surface area (Å²) < 4.78 is 0. The molecule has 35 heavy (non-hydrogen) atoms. The van der Waals surface area contributed by atoms with Crippen LogP contribution in [0.15, 0.2) is 121 Å². The van der Waals surface area contributed by atoms with Crippen molar-refractivity contribution in [2.24, 2.45) is 11.8 Å². The molecule has 4 aromatic rings. The van der Waals surface area contributed by atoms with Gasteiger partial charge in [0.1, 0.15) is 0 Å². The Morgan fingerprint density at radius 2 is 0.943 bits per heavy atom. The molecular weight excluding hydrogens is 458 g/mol. The van der Waals surface area contributed by atoms with Gasteiger partial charge in [-0.15, -0.1) is 0 Å². The number of hydrogen-bond acceptors (Lipinski definition) is 0. The van der Waals surface area contributed by atoms with Gasteiger partial charge < -0.3 is 0 Å². The van der Waals surface area contributed by atoms with Gasteiger partial charge in [0.05, 0.1) is 0 Å². The summed E-state index contributed by atoms with van der Waals surface area (Å²) in [5, 5.41) is 6.14. The molecule has 0 heterocycles. The minimum Gasteiger partial charge on any atom is -0.0622 e. The summed E-state index contributed by atoms with van der Waals surface area (Å²) in [7, 11) is -0.844. The molecule has 0 nitrogen and oxygen atoms in total. The van der Waals surface area contributed by atoms with E-state index in [4.69, 9.17) is 0 Å². The fourth-order valence-corrected chi connectivity index (χ4v) is 12.7. The van der Waals surface area contributed by atoms with Crippen molar-refractivity contribution >= 4 is 37.1 Å². The van der Waals surface area contributed by atoms with Crippen molar-refractivity contribution < 1.29 is 0 Å². The minimum absolute atomic E-state index is 0.401. The second-order valence-corrected chi connectivity index (χ2v) is 14.8. The third-order valence-corrected chi connectivity index (χ3v) is 13.7. The van der Waals surface area contributed by atoms with E-state index in [1.807, 2.05) is 0 Å². The Labute approximate surface area is 214 Å². The zero-order valence-corrected chi connectivity index (χ0v) is 22.7. The number of hydrogen-bond donors (Lipinski definition) is 0. The first kappa shape index (κ1) is 24.4. The molecule has 1 aliphatic carbocycles. The number of rotatable bonds is 8. The van der Waals surface area contributed by atoms with Crippen LogP contribution in [0.2, 0.25) is 0 Å². The van der Waals surface area contributed by atoms with Crippen LogP contribution in [0.1, 0.15) is 33.1 Å². The van der Waals surface area contributed by atoms with Crippen molar-refractivity contribution in [3.8, 4) is 0 Å². The van der Waals surface area contributed by atoms with E-state index in [1.165, 1.54) is 40.5 Å². The Morgan fingerprint density at radius 1 is 0.543 bits per heavy atom. The summed E-state index contributed by atoms with van der Waals surface area (Å²) in [6.07, 6.45) is 4.05. The van der Waals surface area contributed by atoms with Gasteiger partial charge in [-0.05, 0) is 73.1 Å². The van der Waals surface area contributed by atoms with Crippen LogP contribution in [0.5, 0.6) is 0 Å². The molecule has 0 unspecified atom stereocenters. The molecule has 0 aromatic heterocycles. The highest BCUT2D eigenvalue weighted by Crippen LogP contribution is 2.58. The third kappa shape index (κ3) is 5.45.